The average molecular weight is 257 g/mol. The molecule has 0 aromatic heterocycles. The molecule has 1 aliphatic carbocycles. The van der Waals surface area contributed by atoms with E-state index in [1.165, 1.54) is 24.8 Å². The number of allylic oxidation sites excluding steroid dienone is 1. The molecular weight excluding hydrogens is 228 g/mol. The number of hydrogen-bond acceptors (Lipinski definition) is 1. The van der Waals surface area contributed by atoms with E-state index in [1.54, 1.807) is 0 Å². The maximum atomic E-state index is 4.38. The van der Waals surface area contributed by atoms with Gasteiger partial charge in [-0.3, -0.25) is 0 Å². The Labute approximate surface area is 107 Å². The highest BCUT2D eigenvalue weighted by atomic mass is 32.2. The molecule has 1 saturated carbocycles. The second-order valence-corrected chi connectivity index (χ2v) is 13.8. The van der Waals surface area contributed by atoms with Crippen molar-refractivity contribution in [3.05, 3.63) is 12.2 Å². The van der Waals surface area contributed by atoms with Gasteiger partial charge in [-0.15, -0.1) is 0 Å². The van der Waals surface area contributed by atoms with Crippen molar-refractivity contribution in [1.29, 1.82) is 0 Å². The first-order valence-corrected chi connectivity index (χ1v) is 11.3. The van der Waals surface area contributed by atoms with Crippen molar-refractivity contribution in [2.24, 2.45) is 11.3 Å². The first-order valence-electron chi connectivity index (χ1n) is 6.40. The molecule has 94 valence electrons. The van der Waals surface area contributed by atoms with Gasteiger partial charge in [0.1, 0.15) is 0 Å². The molecule has 0 heterocycles. The van der Waals surface area contributed by atoms with E-state index in [9.17, 15) is 0 Å². The summed E-state index contributed by atoms with van der Waals surface area (Å²) in [5.41, 5.74) is 1.99. The van der Waals surface area contributed by atoms with Crippen LogP contribution in [0.25, 0.3) is 0 Å². The van der Waals surface area contributed by atoms with Crippen molar-refractivity contribution in [2.45, 2.75) is 57.6 Å². The molecule has 2 heteroatoms. The number of hydrogen-bond donors (Lipinski definition) is 0. The molecule has 0 spiro atoms. The van der Waals surface area contributed by atoms with Gasteiger partial charge >= 0.3 is 0 Å². The van der Waals surface area contributed by atoms with Gasteiger partial charge in [0.15, 0.2) is 0 Å². The lowest BCUT2D eigenvalue weighted by Gasteiger charge is -2.47. The van der Waals surface area contributed by atoms with Crippen LogP contribution in [0.2, 0.25) is 19.6 Å². The molecule has 1 aliphatic rings. The summed E-state index contributed by atoms with van der Waals surface area (Å²) in [7, 11) is -1.10. The zero-order valence-electron chi connectivity index (χ0n) is 11.9. The minimum absolute atomic E-state index is 0.462. The molecule has 0 bridgehead atoms. The Balaban J connectivity index is 3.01. The molecule has 0 aliphatic heterocycles. The van der Waals surface area contributed by atoms with E-state index in [0.29, 0.717) is 5.41 Å². The van der Waals surface area contributed by atoms with Crippen molar-refractivity contribution in [2.75, 3.05) is 6.26 Å². The minimum atomic E-state index is -1.10. The maximum Gasteiger partial charge on any atom is 0.0595 e. The Kier molecular flexibility index (Phi) is 4.39. The molecule has 1 rings (SSSR count). The van der Waals surface area contributed by atoms with Crippen molar-refractivity contribution >= 4 is 19.8 Å². The molecule has 16 heavy (non-hydrogen) atoms. The molecule has 0 aromatic rings. The zero-order chi connectivity index (χ0) is 12.6. The third-order valence-electron chi connectivity index (χ3n) is 4.01. The summed E-state index contributed by atoms with van der Waals surface area (Å²) in [4.78, 5) is 0.829. The molecule has 1 fully saturated rings. The Morgan fingerprint density at radius 1 is 1.38 bits per heavy atom. The van der Waals surface area contributed by atoms with Crippen LogP contribution >= 0.6 is 11.8 Å². The third kappa shape index (κ3) is 2.95. The first-order chi connectivity index (χ1) is 7.20. The maximum absolute atomic E-state index is 4.38. The summed E-state index contributed by atoms with van der Waals surface area (Å²) in [5.74, 6) is 0.739. The van der Waals surface area contributed by atoms with Gasteiger partial charge in [-0.05, 0) is 36.9 Å². The lowest BCUT2D eigenvalue weighted by atomic mass is 9.67. The third-order valence-corrected chi connectivity index (χ3v) is 9.66. The standard InChI is InChI=1S/C14H28SSi/c1-11-9-8-10-14(2,3)12(11)13(15-4)16(5,6)7/h12-13H,1,8-10H2,2-7H3. The minimum Gasteiger partial charge on any atom is -0.164 e. The van der Waals surface area contributed by atoms with Crippen LogP contribution in [-0.2, 0) is 0 Å². The fourth-order valence-corrected chi connectivity index (χ4v) is 8.60. The summed E-state index contributed by atoms with van der Waals surface area (Å²) >= 11 is 2.09. The van der Waals surface area contributed by atoms with E-state index in [-0.39, 0.29) is 0 Å². The van der Waals surface area contributed by atoms with E-state index in [2.05, 4.69) is 58.1 Å². The van der Waals surface area contributed by atoms with Crippen LogP contribution in [0.1, 0.15) is 33.1 Å². The van der Waals surface area contributed by atoms with Crippen LogP contribution in [0.5, 0.6) is 0 Å². The van der Waals surface area contributed by atoms with Crippen LogP contribution in [0.15, 0.2) is 12.2 Å². The van der Waals surface area contributed by atoms with Gasteiger partial charge in [0, 0.05) is 4.87 Å². The summed E-state index contributed by atoms with van der Waals surface area (Å²) in [6.07, 6.45) is 6.27. The van der Waals surface area contributed by atoms with Gasteiger partial charge in [-0.2, -0.15) is 11.8 Å². The zero-order valence-corrected chi connectivity index (χ0v) is 13.7. The summed E-state index contributed by atoms with van der Waals surface area (Å²) in [5, 5.41) is 0. The van der Waals surface area contributed by atoms with Crippen molar-refractivity contribution in [3.63, 3.8) is 0 Å². The fourth-order valence-electron chi connectivity index (χ4n) is 3.25. The molecular formula is C14H28SSi. The van der Waals surface area contributed by atoms with Gasteiger partial charge in [0.2, 0.25) is 0 Å². The van der Waals surface area contributed by atoms with Gasteiger partial charge in [0.05, 0.1) is 8.07 Å². The largest absolute Gasteiger partial charge is 0.164 e. The number of thioether (sulfide) groups is 1. The molecule has 0 amide bonds. The lowest BCUT2D eigenvalue weighted by Crippen LogP contribution is -2.48. The summed E-state index contributed by atoms with van der Waals surface area (Å²) < 4.78 is 0. The molecule has 2 unspecified atom stereocenters. The van der Waals surface area contributed by atoms with E-state index in [1.807, 2.05) is 0 Å². The molecule has 0 nitrogen and oxygen atoms in total. The quantitative estimate of drug-likeness (QED) is 0.507. The van der Waals surface area contributed by atoms with E-state index < -0.39 is 8.07 Å². The van der Waals surface area contributed by atoms with Crippen LogP contribution in [0.4, 0.5) is 0 Å². The molecule has 2 atom stereocenters. The molecule has 0 N–H and O–H groups in total. The highest BCUT2D eigenvalue weighted by Gasteiger charge is 2.44. The highest BCUT2D eigenvalue weighted by Crippen LogP contribution is 2.49. The Hall–Kier alpha value is 0.307. The number of rotatable bonds is 3. The lowest BCUT2D eigenvalue weighted by molar-refractivity contribution is 0.200. The smallest absolute Gasteiger partial charge is 0.0595 e. The Bertz CT molecular complexity index is 262. The van der Waals surface area contributed by atoms with E-state index in [4.69, 9.17) is 0 Å². The van der Waals surface area contributed by atoms with Gasteiger partial charge < -0.3 is 0 Å². The van der Waals surface area contributed by atoms with E-state index >= 15 is 0 Å². The van der Waals surface area contributed by atoms with Gasteiger partial charge in [-0.1, -0.05) is 45.6 Å². The van der Waals surface area contributed by atoms with Crippen molar-refractivity contribution < 1.29 is 0 Å². The normalized spacial score (nSPS) is 27.9. The predicted octanol–water partition coefficient (Wildman–Crippen LogP) is 4.98. The summed E-state index contributed by atoms with van der Waals surface area (Å²) in [6, 6.07) is 0. The fraction of sp³-hybridized carbons (Fsp3) is 0.857. The first kappa shape index (κ1) is 14.4. The predicted molar refractivity (Wildman–Crippen MR) is 80.9 cm³/mol. The summed E-state index contributed by atoms with van der Waals surface area (Å²) in [6.45, 7) is 16.8. The Morgan fingerprint density at radius 2 is 1.94 bits per heavy atom. The highest BCUT2D eigenvalue weighted by molar-refractivity contribution is 8.01. The Morgan fingerprint density at radius 3 is 2.31 bits per heavy atom. The van der Waals surface area contributed by atoms with Gasteiger partial charge in [0.25, 0.3) is 0 Å². The second kappa shape index (κ2) is 4.89. The molecule has 0 radical (unpaired) electrons. The molecule has 0 saturated heterocycles. The topological polar surface area (TPSA) is 0 Å². The van der Waals surface area contributed by atoms with Crippen molar-refractivity contribution in [3.8, 4) is 0 Å². The molecule has 0 aromatic carbocycles. The van der Waals surface area contributed by atoms with Crippen LogP contribution in [0.3, 0.4) is 0 Å². The average Bonchev–Trinajstić information content (AvgIpc) is 2.08. The van der Waals surface area contributed by atoms with Crippen LogP contribution < -0.4 is 0 Å². The van der Waals surface area contributed by atoms with Crippen molar-refractivity contribution in [1.82, 2.24) is 0 Å². The van der Waals surface area contributed by atoms with Crippen LogP contribution in [-0.4, -0.2) is 19.2 Å². The van der Waals surface area contributed by atoms with Crippen LogP contribution in [0, 0.1) is 11.3 Å². The van der Waals surface area contributed by atoms with Gasteiger partial charge in [-0.25, -0.2) is 0 Å². The monoisotopic (exact) mass is 256 g/mol. The second-order valence-electron chi connectivity index (χ2n) is 7.00. The van der Waals surface area contributed by atoms with E-state index in [0.717, 1.165) is 10.8 Å². The SMILES string of the molecule is C=C1CCCC(C)(C)C1C(SC)[Si](C)(C)C.